The highest BCUT2D eigenvalue weighted by Gasteiger charge is 2.13. The standard InChI is InChI=1S/C23H25N3O3/c1-16-14-19(29-22-24-12-5-13-25-22)10-11-20(16)26-21(27)15-28-18-8-6-17(7-9-18)23(2,3)4/h5-14H,15H2,1-4H3,(H,26,27). The zero-order chi connectivity index (χ0) is 20.9. The number of carbonyl (C=O) groups excluding carboxylic acids is 1. The van der Waals surface area contributed by atoms with Gasteiger partial charge in [0.1, 0.15) is 11.5 Å². The van der Waals surface area contributed by atoms with Gasteiger partial charge in [-0.05, 0) is 59.9 Å². The summed E-state index contributed by atoms with van der Waals surface area (Å²) in [7, 11) is 0. The SMILES string of the molecule is Cc1cc(Oc2ncccn2)ccc1NC(=O)COc1ccc(C(C)(C)C)cc1. The molecule has 6 heteroatoms. The first kappa shape index (κ1) is 20.3. The van der Waals surface area contributed by atoms with E-state index in [2.05, 4.69) is 36.1 Å². The summed E-state index contributed by atoms with van der Waals surface area (Å²) < 4.78 is 11.2. The Balaban J connectivity index is 1.55. The van der Waals surface area contributed by atoms with Crippen molar-refractivity contribution in [3.8, 4) is 17.5 Å². The molecule has 1 aromatic heterocycles. The topological polar surface area (TPSA) is 73.3 Å². The maximum absolute atomic E-state index is 12.3. The van der Waals surface area contributed by atoms with E-state index in [1.807, 2.05) is 37.3 Å². The number of nitrogens with one attached hydrogen (secondary N) is 1. The van der Waals surface area contributed by atoms with Crippen molar-refractivity contribution in [1.29, 1.82) is 0 Å². The number of aromatic nitrogens is 2. The molecule has 1 heterocycles. The zero-order valence-corrected chi connectivity index (χ0v) is 17.1. The van der Waals surface area contributed by atoms with Gasteiger partial charge in [-0.1, -0.05) is 32.9 Å². The molecule has 0 radical (unpaired) electrons. The fraction of sp³-hybridized carbons (Fsp3) is 0.261. The van der Waals surface area contributed by atoms with Crippen LogP contribution in [-0.4, -0.2) is 22.5 Å². The summed E-state index contributed by atoms with van der Waals surface area (Å²) in [5, 5.41) is 2.86. The second-order valence-corrected chi connectivity index (χ2v) is 7.72. The van der Waals surface area contributed by atoms with Crippen molar-refractivity contribution in [3.05, 3.63) is 72.1 Å². The van der Waals surface area contributed by atoms with E-state index in [4.69, 9.17) is 9.47 Å². The van der Waals surface area contributed by atoms with Crippen LogP contribution in [-0.2, 0) is 10.2 Å². The number of nitrogens with zero attached hydrogens (tertiary/aromatic N) is 2. The van der Waals surface area contributed by atoms with E-state index in [-0.39, 0.29) is 23.9 Å². The number of rotatable bonds is 6. The largest absolute Gasteiger partial charge is 0.484 e. The molecule has 0 bridgehead atoms. The van der Waals surface area contributed by atoms with Crippen LogP contribution < -0.4 is 14.8 Å². The van der Waals surface area contributed by atoms with E-state index in [1.54, 1.807) is 30.6 Å². The van der Waals surface area contributed by atoms with Gasteiger partial charge in [0.15, 0.2) is 6.61 Å². The normalized spacial score (nSPS) is 11.0. The Labute approximate surface area is 170 Å². The van der Waals surface area contributed by atoms with Crippen LogP contribution in [0.1, 0.15) is 31.9 Å². The molecule has 0 spiro atoms. The smallest absolute Gasteiger partial charge is 0.321 e. The first-order chi connectivity index (χ1) is 13.8. The summed E-state index contributed by atoms with van der Waals surface area (Å²) in [4.78, 5) is 20.3. The number of carbonyl (C=O) groups is 1. The molecule has 0 atom stereocenters. The summed E-state index contributed by atoms with van der Waals surface area (Å²) in [5.74, 6) is 1.03. The van der Waals surface area contributed by atoms with Crippen LogP contribution in [0.25, 0.3) is 0 Å². The highest BCUT2D eigenvalue weighted by Crippen LogP contribution is 2.25. The number of hydrogen-bond acceptors (Lipinski definition) is 5. The predicted molar refractivity (Wildman–Crippen MR) is 113 cm³/mol. The van der Waals surface area contributed by atoms with Gasteiger partial charge in [-0.15, -0.1) is 0 Å². The van der Waals surface area contributed by atoms with Crippen molar-refractivity contribution in [2.45, 2.75) is 33.1 Å². The second kappa shape index (κ2) is 8.73. The third-order valence-corrected chi connectivity index (χ3v) is 4.31. The van der Waals surface area contributed by atoms with Crippen LogP contribution in [0.15, 0.2) is 60.9 Å². The van der Waals surface area contributed by atoms with E-state index in [9.17, 15) is 4.79 Å². The van der Waals surface area contributed by atoms with E-state index >= 15 is 0 Å². The number of aryl methyl sites for hydroxylation is 1. The van der Waals surface area contributed by atoms with Gasteiger partial charge in [0.25, 0.3) is 5.91 Å². The lowest BCUT2D eigenvalue weighted by Crippen LogP contribution is -2.20. The van der Waals surface area contributed by atoms with Crippen LogP contribution in [0.5, 0.6) is 17.5 Å². The highest BCUT2D eigenvalue weighted by atomic mass is 16.5. The first-order valence-electron chi connectivity index (χ1n) is 9.40. The monoisotopic (exact) mass is 391 g/mol. The van der Waals surface area contributed by atoms with Gasteiger partial charge < -0.3 is 14.8 Å². The molecule has 6 nitrogen and oxygen atoms in total. The number of ether oxygens (including phenoxy) is 2. The fourth-order valence-corrected chi connectivity index (χ4v) is 2.67. The Hall–Kier alpha value is -3.41. The van der Waals surface area contributed by atoms with Gasteiger partial charge in [0.05, 0.1) is 0 Å². The maximum Gasteiger partial charge on any atom is 0.321 e. The van der Waals surface area contributed by atoms with Crippen molar-refractivity contribution in [2.75, 3.05) is 11.9 Å². The van der Waals surface area contributed by atoms with Crippen molar-refractivity contribution >= 4 is 11.6 Å². The molecule has 0 aliphatic heterocycles. The van der Waals surface area contributed by atoms with Crippen LogP contribution >= 0.6 is 0 Å². The lowest BCUT2D eigenvalue weighted by molar-refractivity contribution is -0.118. The first-order valence-corrected chi connectivity index (χ1v) is 9.40. The molecule has 0 fully saturated rings. The number of benzene rings is 2. The molecule has 0 saturated carbocycles. The van der Waals surface area contributed by atoms with Gasteiger partial charge in [-0.3, -0.25) is 4.79 Å². The van der Waals surface area contributed by atoms with E-state index in [1.165, 1.54) is 5.56 Å². The summed E-state index contributed by atoms with van der Waals surface area (Å²) in [6.07, 6.45) is 3.22. The van der Waals surface area contributed by atoms with Crippen LogP contribution in [0.3, 0.4) is 0 Å². The fourth-order valence-electron chi connectivity index (χ4n) is 2.67. The van der Waals surface area contributed by atoms with Gasteiger partial charge in [-0.2, -0.15) is 0 Å². The lowest BCUT2D eigenvalue weighted by atomic mass is 9.87. The Morgan fingerprint density at radius 2 is 1.66 bits per heavy atom. The van der Waals surface area contributed by atoms with Crippen molar-refractivity contribution < 1.29 is 14.3 Å². The average molecular weight is 391 g/mol. The van der Waals surface area contributed by atoms with Gasteiger partial charge in [-0.25, -0.2) is 9.97 Å². The number of hydrogen-bond donors (Lipinski definition) is 1. The third-order valence-electron chi connectivity index (χ3n) is 4.31. The Kier molecular flexibility index (Phi) is 6.12. The van der Waals surface area contributed by atoms with Crippen molar-refractivity contribution in [3.63, 3.8) is 0 Å². The average Bonchev–Trinajstić information content (AvgIpc) is 2.69. The molecule has 0 aliphatic carbocycles. The van der Waals surface area contributed by atoms with Crippen molar-refractivity contribution in [1.82, 2.24) is 9.97 Å². The highest BCUT2D eigenvalue weighted by molar-refractivity contribution is 5.92. The minimum Gasteiger partial charge on any atom is -0.484 e. The number of anilines is 1. The minimum atomic E-state index is -0.229. The Morgan fingerprint density at radius 3 is 2.28 bits per heavy atom. The summed E-state index contributed by atoms with van der Waals surface area (Å²) in [6, 6.07) is 15.2. The minimum absolute atomic E-state index is 0.0651. The molecule has 1 amide bonds. The van der Waals surface area contributed by atoms with Gasteiger partial charge >= 0.3 is 6.01 Å². The van der Waals surface area contributed by atoms with Crippen molar-refractivity contribution in [2.24, 2.45) is 0 Å². The maximum atomic E-state index is 12.3. The molecule has 2 aromatic carbocycles. The zero-order valence-electron chi connectivity index (χ0n) is 17.1. The molecule has 0 aliphatic rings. The van der Waals surface area contributed by atoms with Crippen LogP contribution in [0, 0.1) is 6.92 Å². The third kappa shape index (κ3) is 5.78. The quantitative estimate of drug-likeness (QED) is 0.647. The Morgan fingerprint density at radius 1 is 1.00 bits per heavy atom. The summed E-state index contributed by atoms with van der Waals surface area (Å²) >= 11 is 0. The summed E-state index contributed by atoms with van der Waals surface area (Å²) in [6.45, 7) is 8.29. The number of amides is 1. The molecule has 1 N–H and O–H groups in total. The van der Waals surface area contributed by atoms with Crippen LogP contribution in [0.4, 0.5) is 5.69 Å². The predicted octanol–water partition coefficient (Wildman–Crippen LogP) is 4.89. The molecule has 3 aromatic rings. The lowest BCUT2D eigenvalue weighted by Gasteiger charge is -2.19. The molecular formula is C23H25N3O3. The second-order valence-electron chi connectivity index (χ2n) is 7.72. The Bertz CT molecular complexity index is 965. The van der Waals surface area contributed by atoms with Gasteiger partial charge in [0, 0.05) is 18.1 Å². The molecular weight excluding hydrogens is 366 g/mol. The van der Waals surface area contributed by atoms with E-state index < -0.39 is 0 Å². The molecule has 29 heavy (non-hydrogen) atoms. The van der Waals surface area contributed by atoms with Crippen LogP contribution in [0.2, 0.25) is 0 Å². The van der Waals surface area contributed by atoms with E-state index in [0.29, 0.717) is 17.2 Å². The molecule has 150 valence electrons. The van der Waals surface area contributed by atoms with E-state index in [0.717, 1.165) is 5.56 Å². The summed E-state index contributed by atoms with van der Waals surface area (Å²) in [5.41, 5.74) is 2.85. The molecule has 0 saturated heterocycles. The molecule has 3 rings (SSSR count). The van der Waals surface area contributed by atoms with Gasteiger partial charge in [0.2, 0.25) is 0 Å². The molecule has 0 unspecified atom stereocenters.